The lowest BCUT2D eigenvalue weighted by atomic mass is 10.1. The van der Waals surface area contributed by atoms with Crippen molar-refractivity contribution in [1.29, 1.82) is 5.26 Å². The first-order chi connectivity index (χ1) is 13.0. The number of methoxy groups -OCH3 is 1. The Balaban J connectivity index is 2.09. The molecule has 0 aliphatic rings. The van der Waals surface area contributed by atoms with E-state index in [2.05, 4.69) is 31.4 Å². The molecule has 0 fully saturated rings. The predicted octanol–water partition coefficient (Wildman–Crippen LogP) is 4.83. The van der Waals surface area contributed by atoms with Gasteiger partial charge in [0.05, 0.1) is 33.0 Å². The molecule has 1 heterocycles. The monoisotopic (exact) mass is 450 g/mol. The van der Waals surface area contributed by atoms with Gasteiger partial charge in [-0.1, -0.05) is 17.7 Å². The van der Waals surface area contributed by atoms with Crippen molar-refractivity contribution in [3.63, 3.8) is 0 Å². The van der Waals surface area contributed by atoms with E-state index in [1.165, 1.54) is 12.1 Å². The number of nitrogens with one attached hydrogen (secondary N) is 1. The lowest BCUT2D eigenvalue weighted by molar-refractivity contribution is 0.146. The zero-order chi connectivity index (χ0) is 19.4. The van der Waals surface area contributed by atoms with E-state index in [0.29, 0.717) is 40.0 Å². The number of nitrogens with zero attached hydrogens (tertiary/aromatic N) is 3. The normalized spacial score (nSPS) is 10.6. The van der Waals surface area contributed by atoms with Crippen molar-refractivity contribution >= 4 is 49.8 Å². The van der Waals surface area contributed by atoms with E-state index in [1.807, 2.05) is 6.07 Å². The molecule has 0 radical (unpaired) electrons. The van der Waals surface area contributed by atoms with Crippen molar-refractivity contribution in [2.24, 2.45) is 0 Å². The van der Waals surface area contributed by atoms with Crippen molar-refractivity contribution < 1.29 is 13.9 Å². The fourth-order valence-corrected chi connectivity index (χ4v) is 3.02. The first kappa shape index (κ1) is 19.3. The minimum absolute atomic E-state index is 0.0279. The summed E-state index contributed by atoms with van der Waals surface area (Å²) in [6, 6.07) is 9.95. The molecular formula is C18H13BrClFN4O2. The van der Waals surface area contributed by atoms with E-state index in [0.717, 1.165) is 0 Å². The van der Waals surface area contributed by atoms with Crippen LogP contribution < -0.4 is 10.1 Å². The molecule has 0 saturated heterocycles. The van der Waals surface area contributed by atoms with Crippen LogP contribution in [-0.4, -0.2) is 30.5 Å². The molecular weight excluding hydrogens is 439 g/mol. The van der Waals surface area contributed by atoms with Gasteiger partial charge in [0.15, 0.2) is 11.5 Å². The van der Waals surface area contributed by atoms with Crippen LogP contribution in [0.1, 0.15) is 5.69 Å². The fraction of sp³-hybridized carbons (Fsp3) is 0.167. The second kappa shape index (κ2) is 8.48. The third kappa shape index (κ3) is 4.11. The Labute approximate surface area is 168 Å². The zero-order valence-electron chi connectivity index (χ0n) is 14.1. The summed E-state index contributed by atoms with van der Waals surface area (Å²) in [4.78, 5) is 0. The zero-order valence-corrected chi connectivity index (χ0v) is 16.4. The van der Waals surface area contributed by atoms with Crippen LogP contribution in [0.2, 0.25) is 5.02 Å². The lowest BCUT2D eigenvalue weighted by Gasteiger charge is -2.14. The smallest absolute Gasteiger partial charge is 0.187 e. The van der Waals surface area contributed by atoms with Crippen LogP contribution in [0.15, 0.2) is 34.8 Å². The highest BCUT2D eigenvalue weighted by molar-refractivity contribution is 9.10. The number of rotatable bonds is 6. The number of fused-ring (bicyclic) bond motifs is 1. The number of aromatic nitrogens is 2. The van der Waals surface area contributed by atoms with Gasteiger partial charge >= 0.3 is 0 Å². The molecule has 1 aromatic heterocycles. The van der Waals surface area contributed by atoms with E-state index in [4.69, 9.17) is 21.1 Å². The minimum Gasteiger partial charge on any atom is -0.490 e. The molecule has 0 atom stereocenters. The largest absolute Gasteiger partial charge is 0.490 e. The van der Waals surface area contributed by atoms with Gasteiger partial charge in [0, 0.05) is 18.6 Å². The summed E-state index contributed by atoms with van der Waals surface area (Å²) in [6.45, 7) is 0.799. The highest BCUT2D eigenvalue weighted by atomic mass is 79.9. The standard InChI is InChI=1S/C18H13BrClFN4O2/c1-26-5-6-27-16-8-14-10(7-11(16)19)18(15(9-22)25-24-14)23-13-4-2-3-12(20)17(13)21/h2-4,7-8H,5-6H2,1H3,(H,23,24). The van der Waals surface area contributed by atoms with E-state index in [-0.39, 0.29) is 16.4 Å². The summed E-state index contributed by atoms with van der Waals surface area (Å²) in [5.74, 6) is -0.0648. The summed E-state index contributed by atoms with van der Waals surface area (Å²) < 4.78 is 25.5. The van der Waals surface area contributed by atoms with Crippen LogP contribution in [0.3, 0.4) is 0 Å². The molecule has 6 nitrogen and oxygen atoms in total. The van der Waals surface area contributed by atoms with Gasteiger partial charge in [0.2, 0.25) is 0 Å². The van der Waals surface area contributed by atoms with Gasteiger partial charge in [-0.05, 0) is 34.1 Å². The Morgan fingerprint density at radius 1 is 1.30 bits per heavy atom. The molecule has 1 N–H and O–H groups in total. The van der Waals surface area contributed by atoms with Gasteiger partial charge in [-0.3, -0.25) is 0 Å². The summed E-state index contributed by atoms with van der Waals surface area (Å²) in [6.07, 6.45) is 0. The Morgan fingerprint density at radius 2 is 2.11 bits per heavy atom. The van der Waals surface area contributed by atoms with Gasteiger partial charge < -0.3 is 14.8 Å². The Morgan fingerprint density at radius 3 is 2.85 bits per heavy atom. The number of nitriles is 1. The van der Waals surface area contributed by atoms with Crippen molar-refractivity contribution in [2.45, 2.75) is 0 Å². The SMILES string of the molecule is COCCOc1cc2nnc(C#N)c(Nc3cccc(Cl)c3F)c2cc1Br. The van der Waals surface area contributed by atoms with Crippen molar-refractivity contribution in [3.8, 4) is 11.8 Å². The number of anilines is 2. The van der Waals surface area contributed by atoms with E-state index < -0.39 is 5.82 Å². The maximum Gasteiger partial charge on any atom is 0.187 e. The van der Waals surface area contributed by atoms with E-state index >= 15 is 0 Å². The quantitative estimate of drug-likeness (QED) is 0.541. The van der Waals surface area contributed by atoms with Gasteiger partial charge in [0.25, 0.3) is 0 Å². The average Bonchev–Trinajstić information content (AvgIpc) is 2.66. The third-order valence-corrected chi connectivity index (χ3v) is 4.59. The molecule has 0 amide bonds. The summed E-state index contributed by atoms with van der Waals surface area (Å²) >= 11 is 9.28. The third-order valence-electron chi connectivity index (χ3n) is 3.68. The highest BCUT2D eigenvalue weighted by Gasteiger charge is 2.16. The molecule has 3 rings (SSSR count). The fourth-order valence-electron chi connectivity index (χ4n) is 2.39. The first-order valence-electron chi connectivity index (χ1n) is 7.78. The predicted molar refractivity (Wildman–Crippen MR) is 104 cm³/mol. The second-order valence-corrected chi connectivity index (χ2v) is 6.66. The molecule has 0 bridgehead atoms. The molecule has 0 aliphatic carbocycles. The van der Waals surface area contributed by atoms with Gasteiger partial charge in [0.1, 0.15) is 18.4 Å². The molecule has 0 saturated carbocycles. The molecule has 0 aliphatic heterocycles. The van der Waals surface area contributed by atoms with Gasteiger partial charge in [-0.2, -0.15) is 5.26 Å². The minimum atomic E-state index is -0.619. The molecule has 27 heavy (non-hydrogen) atoms. The van der Waals surface area contributed by atoms with Crippen LogP contribution in [0.4, 0.5) is 15.8 Å². The number of hydrogen-bond acceptors (Lipinski definition) is 6. The summed E-state index contributed by atoms with van der Waals surface area (Å²) in [7, 11) is 1.58. The maximum atomic E-state index is 14.3. The molecule has 0 unspecified atom stereocenters. The van der Waals surface area contributed by atoms with Crippen LogP contribution in [0.25, 0.3) is 10.9 Å². The highest BCUT2D eigenvalue weighted by Crippen LogP contribution is 2.36. The number of ether oxygens (including phenoxy) is 2. The van der Waals surface area contributed by atoms with Crippen molar-refractivity contribution in [1.82, 2.24) is 10.2 Å². The first-order valence-corrected chi connectivity index (χ1v) is 8.95. The molecule has 3 aromatic rings. The van der Waals surface area contributed by atoms with Crippen LogP contribution in [-0.2, 0) is 4.74 Å². The van der Waals surface area contributed by atoms with E-state index in [1.54, 1.807) is 25.3 Å². The topological polar surface area (TPSA) is 80.1 Å². The molecule has 138 valence electrons. The molecule has 0 spiro atoms. The Bertz CT molecular complexity index is 1040. The summed E-state index contributed by atoms with van der Waals surface area (Å²) in [5, 5.41) is 20.8. The number of hydrogen-bond donors (Lipinski definition) is 1. The maximum absolute atomic E-state index is 14.3. The molecule has 9 heteroatoms. The number of halogens is 3. The Kier molecular flexibility index (Phi) is 6.06. The van der Waals surface area contributed by atoms with Crippen molar-refractivity contribution in [3.05, 3.63) is 51.3 Å². The van der Waals surface area contributed by atoms with Gasteiger partial charge in [-0.15, -0.1) is 10.2 Å². The van der Waals surface area contributed by atoms with Crippen molar-refractivity contribution in [2.75, 3.05) is 25.6 Å². The van der Waals surface area contributed by atoms with Crippen LogP contribution in [0.5, 0.6) is 5.75 Å². The Hall–Kier alpha value is -2.47. The molecule has 2 aromatic carbocycles. The van der Waals surface area contributed by atoms with Crippen LogP contribution >= 0.6 is 27.5 Å². The second-order valence-electron chi connectivity index (χ2n) is 5.40. The number of benzene rings is 2. The van der Waals surface area contributed by atoms with Gasteiger partial charge in [-0.25, -0.2) is 4.39 Å². The average molecular weight is 452 g/mol. The lowest BCUT2D eigenvalue weighted by Crippen LogP contribution is -2.05. The van der Waals surface area contributed by atoms with Crippen LogP contribution in [0, 0.1) is 17.1 Å². The summed E-state index contributed by atoms with van der Waals surface area (Å²) in [5.41, 5.74) is 0.967. The van der Waals surface area contributed by atoms with E-state index in [9.17, 15) is 9.65 Å².